The summed E-state index contributed by atoms with van der Waals surface area (Å²) >= 11 is 1.51. The third-order valence-corrected chi connectivity index (χ3v) is 5.52. The summed E-state index contributed by atoms with van der Waals surface area (Å²) in [4.78, 5) is 14.0. The van der Waals surface area contributed by atoms with Crippen molar-refractivity contribution in [2.45, 2.75) is 36.7 Å². The number of allylic oxidation sites excluding steroid dienone is 1. The standard InChI is InChI=1S/C22H24O4S/c1-3-25-22-16(2)20(23)21(27-18-12-8-5-9-13-18)19(26-22)15-24-14-17-10-6-4-7-11-17/h4-13,19,21H,3,14-15H2,1-2H3. The molecule has 0 radical (unpaired) electrons. The molecule has 1 aliphatic heterocycles. The maximum absolute atomic E-state index is 13.0. The molecule has 2 atom stereocenters. The summed E-state index contributed by atoms with van der Waals surface area (Å²) in [5.41, 5.74) is 1.62. The summed E-state index contributed by atoms with van der Waals surface area (Å²) in [5.74, 6) is 0.354. The number of hydrogen-bond acceptors (Lipinski definition) is 5. The number of rotatable bonds is 8. The quantitative estimate of drug-likeness (QED) is 0.666. The first-order valence-corrected chi connectivity index (χ1v) is 9.95. The normalized spacial score (nSPS) is 19.7. The van der Waals surface area contributed by atoms with Crippen molar-refractivity contribution >= 4 is 17.5 Å². The Balaban J connectivity index is 1.73. The number of Topliss-reactive ketones (excluding diaryl/α,β-unsaturated/α-hetero) is 1. The minimum atomic E-state index is -0.406. The molecule has 0 saturated heterocycles. The highest BCUT2D eigenvalue weighted by molar-refractivity contribution is 8.00. The molecule has 2 aromatic rings. The van der Waals surface area contributed by atoms with E-state index in [1.54, 1.807) is 6.92 Å². The van der Waals surface area contributed by atoms with Gasteiger partial charge in [-0.15, -0.1) is 11.8 Å². The summed E-state index contributed by atoms with van der Waals surface area (Å²) < 4.78 is 17.4. The molecule has 27 heavy (non-hydrogen) atoms. The molecular weight excluding hydrogens is 360 g/mol. The fourth-order valence-electron chi connectivity index (χ4n) is 2.81. The molecule has 0 saturated carbocycles. The van der Waals surface area contributed by atoms with Gasteiger partial charge in [0, 0.05) is 4.90 Å². The van der Waals surface area contributed by atoms with Gasteiger partial charge in [0.1, 0.15) is 11.4 Å². The molecule has 142 valence electrons. The van der Waals surface area contributed by atoms with Crippen molar-refractivity contribution in [3.8, 4) is 0 Å². The van der Waals surface area contributed by atoms with Crippen molar-refractivity contribution in [2.24, 2.45) is 0 Å². The van der Waals surface area contributed by atoms with E-state index in [-0.39, 0.29) is 11.0 Å². The minimum absolute atomic E-state index is 0.0341. The van der Waals surface area contributed by atoms with Gasteiger partial charge < -0.3 is 14.2 Å². The molecule has 0 fully saturated rings. The van der Waals surface area contributed by atoms with Crippen LogP contribution in [0, 0.1) is 0 Å². The highest BCUT2D eigenvalue weighted by Gasteiger charge is 2.39. The maximum Gasteiger partial charge on any atom is 0.286 e. The highest BCUT2D eigenvalue weighted by atomic mass is 32.2. The number of carbonyl (C=O) groups excluding carboxylic acids is 1. The molecular formula is C22H24O4S. The lowest BCUT2D eigenvalue weighted by molar-refractivity contribution is -0.125. The molecule has 0 aliphatic carbocycles. The van der Waals surface area contributed by atoms with E-state index in [1.165, 1.54) is 11.8 Å². The van der Waals surface area contributed by atoms with E-state index in [4.69, 9.17) is 14.2 Å². The van der Waals surface area contributed by atoms with Crippen molar-refractivity contribution in [2.75, 3.05) is 13.2 Å². The van der Waals surface area contributed by atoms with Gasteiger partial charge in [-0.25, -0.2) is 0 Å². The summed E-state index contributed by atoms with van der Waals surface area (Å²) in [6.45, 7) is 4.88. The zero-order chi connectivity index (χ0) is 19.1. The fourth-order valence-corrected chi connectivity index (χ4v) is 3.98. The third-order valence-electron chi connectivity index (χ3n) is 4.21. The number of thioether (sulfide) groups is 1. The van der Waals surface area contributed by atoms with Gasteiger partial charge in [-0.1, -0.05) is 48.5 Å². The van der Waals surface area contributed by atoms with Crippen LogP contribution >= 0.6 is 11.8 Å². The number of hydrogen-bond donors (Lipinski definition) is 0. The topological polar surface area (TPSA) is 44.8 Å². The van der Waals surface area contributed by atoms with Crippen molar-refractivity contribution in [1.29, 1.82) is 0 Å². The van der Waals surface area contributed by atoms with Crippen molar-refractivity contribution in [3.05, 3.63) is 77.7 Å². The number of ether oxygens (including phenoxy) is 3. The number of ketones is 1. The summed E-state index contributed by atoms with van der Waals surface area (Å²) in [6.07, 6.45) is -0.406. The van der Waals surface area contributed by atoms with Gasteiger partial charge in [0.05, 0.1) is 25.4 Å². The molecule has 5 heteroatoms. The van der Waals surface area contributed by atoms with Gasteiger partial charge in [-0.05, 0) is 31.5 Å². The average molecular weight is 384 g/mol. The Morgan fingerprint density at radius 1 is 1.04 bits per heavy atom. The lowest BCUT2D eigenvalue weighted by Gasteiger charge is -2.32. The predicted molar refractivity (Wildman–Crippen MR) is 106 cm³/mol. The Labute approximate surface area is 164 Å². The molecule has 0 N–H and O–H groups in total. The maximum atomic E-state index is 13.0. The molecule has 0 spiro atoms. The molecule has 4 nitrogen and oxygen atoms in total. The Kier molecular flexibility index (Phi) is 6.96. The van der Waals surface area contributed by atoms with E-state index in [1.807, 2.05) is 67.6 Å². The van der Waals surface area contributed by atoms with Crippen molar-refractivity contribution in [1.82, 2.24) is 0 Å². The molecule has 2 unspecified atom stereocenters. The summed E-state index contributed by atoms with van der Waals surface area (Å²) in [5, 5.41) is -0.368. The van der Waals surface area contributed by atoms with Crippen LogP contribution in [0.4, 0.5) is 0 Å². The van der Waals surface area contributed by atoms with Crippen molar-refractivity contribution in [3.63, 3.8) is 0 Å². The van der Waals surface area contributed by atoms with Crippen LogP contribution in [0.3, 0.4) is 0 Å². The van der Waals surface area contributed by atoms with E-state index in [0.717, 1.165) is 10.5 Å². The van der Waals surface area contributed by atoms with Crippen LogP contribution in [0.1, 0.15) is 19.4 Å². The molecule has 0 amide bonds. The second-order valence-corrected chi connectivity index (χ2v) is 7.43. The van der Waals surface area contributed by atoms with E-state index in [9.17, 15) is 4.79 Å². The minimum Gasteiger partial charge on any atom is -0.465 e. The number of benzene rings is 2. The molecule has 1 aliphatic rings. The molecule has 0 aromatic heterocycles. The van der Waals surface area contributed by atoms with Crippen LogP contribution in [0.2, 0.25) is 0 Å². The SMILES string of the molecule is CCOC1=C(C)C(=O)C(Sc2ccccc2)C(COCc2ccccc2)O1. The Hall–Kier alpha value is -2.24. The second-order valence-electron chi connectivity index (χ2n) is 6.22. The first kappa shape index (κ1) is 19.5. The molecule has 3 rings (SSSR count). The number of carbonyl (C=O) groups is 1. The van der Waals surface area contributed by atoms with E-state index in [0.29, 0.717) is 31.3 Å². The second kappa shape index (κ2) is 9.62. The molecule has 2 aromatic carbocycles. The van der Waals surface area contributed by atoms with Gasteiger partial charge in [0.15, 0.2) is 5.78 Å². The predicted octanol–water partition coefficient (Wildman–Crippen LogP) is 4.60. The first-order valence-electron chi connectivity index (χ1n) is 9.07. The smallest absolute Gasteiger partial charge is 0.286 e. The van der Waals surface area contributed by atoms with Crippen molar-refractivity contribution < 1.29 is 19.0 Å². The van der Waals surface area contributed by atoms with E-state index < -0.39 is 6.10 Å². The summed E-state index contributed by atoms with van der Waals surface area (Å²) in [6, 6.07) is 19.8. The van der Waals surface area contributed by atoms with Gasteiger partial charge in [-0.2, -0.15) is 0 Å². The van der Waals surface area contributed by atoms with E-state index >= 15 is 0 Å². The lowest BCUT2D eigenvalue weighted by Crippen LogP contribution is -2.42. The largest absolute Gasteiger partial charge is 0.465 e. The van der Waals surface area contributed by atoms with Crippen LogP contribution in [-0.4, -0.2) is 30.4 Å². The molecule has 0 bridgehead atoms. The van der Waals surface area contributed by atoms with Gasteiger partial charge in [-0.3, -0.25) is 4.79 Å². The molecule has 1 heterocycles. The highest BCUT2D eigenvalue weighted by Crippen LogP contribution is 2.34. The van der Waals surface area contributed by atoms with Crippen LogP contribution in [-0.2, 0) is 25.6 Å². The average Bonchev–Trinajstić information content (AvgIpc) is 2.70. The van der Waals surface area contributed by atoms with Crippen LogP contribution in [0.5, 0.6) is 0 Å². The summed E-state index contributed by atoms with van der Waals surface area (Å²) in [7, 11) is 0. The zero-order valence-corrected chi connectivity index (χ0v) is 16.4. The van der Waals surface area contributed by atoms with Crippen LogP contribution in [0.25, 0.3) is 0 Å². The zero-order valence-electron chi connectivity index (χ0n) is 15.6. The lowest BCUT2D eigenvalue weighted by atomic mass is 10.0. The van der Waals surface area contributed by atoms with Gasteiger partial charge >= 0.3 is 0 Å². The van der Waals surface area contributed by atoms with Crippen LogP contribution < -0.4 is 0 Å². The Morgan fingerprint density at radius 3 is 2.37 bits per heavy atom. The van der Waals surface area contributed by atoms with E-state index in [2.05, 4.69) is 0 Å². The Morgan fingerprint density at radius 2 is 1.70 bits per heavy atom. The third kappa shape index (κ3) is 5.15. The van der Waals surface area contributed by atoms with Crippen LogP contribution in [0.15, 0.2) is 77.1 Å². The van der Waals surface area contributed by atoms with Gasteiger partial charge in [0.2, 0.25) is 0 Å². The first-order chi connectivity index (χ1) is 13.2. The fraction of sp³-hybridized carbons (Fsp3) is 0.318. The van der Waals surface area contributed by atoms with Gasteiger partial charge in [0.25, 0.3) is 5.95 Å². The monoisotopic (exact) mass is 384 g/mol. The Bertz CT molecular complexity index is 773.